The SMILES string of the molecule is Cc1cc2cccc(N)c2cc1C(N)O. The number of nitrogens with two attached hydrogens (primary N) is 2. The van der Waals surface area contributed by atoms with Crippen molar-refractivity contribution in [1.82, 2.24) is 0 Å². The fraction of sp³-hybridized carbons (Fsp3) is 0.167. The van der Waals surface area contributed by atoms with Gasteiger partial charge in [0.05, 0.1) is 0 Å². The van der Waals surface area contributed by atoms with E-state index in [2.05, 4.69) is 0 Å². The number of aliphatic hydroxyl groups excluding tert-OH is 1. The molecule has 2 aromatic rings. The van der Waals surface area contributed by atoms with Gasteiger partial charge in [0, 0.05) is 11.1 Å². The highest BCUT2D eigenvalue weighted by molar-refractivity contribution is 5.93. The van der Waals surface area contributed by atoms with Crippen molar-refractivity contribution in [2.24, 2.45) is 5.73 Å². The first-order valence-corrected chi connectivity index (χ1v) is 4.82. The molecule has 2 aromatic carbocycles. The summed E-state index contributed by atoms with van der Waals surface area (Å²) in [7, 11) is 0. The van der Waals surface area contributed by atoms with Crippen LogP contribution in [0.4, 0.5) is 5.69 Å². The molecule has 0 aliphatic rings. The molecule has 1 atom stereocenters. The summed E-state index contributed by atoms with van der Waals surface area (Å²) in [6.07, 6.45) is -0.950. The third-order valence-electron chi connectivity index (χ3n) is 2.62. The second-order valence-corrected chi connectivity index (χ2v) is 3.72. The molecule has 0 amide bonds. The molecule has 3 nitrogen and oxygen atoms in total. The van der Waals surface area contributed by atoms with Crippen molar-refractivity contribution >= 4 is 16.5 Å². The second kappa shape index (κ2) is 3.53. The molecule has 3 heteroatoms. The van der Waals surface area contributed by atoms with Crippen LogP contribution in [0.15, 0.2) is 30.3 Å². The van der Waals surface area contributed by atoms with Crippen molar-refractivity contribution in [3.63, 3.8) is 0 Å². The summed E-state index contributed by atoms with van der Waals surface area (Å²) in [4.78, 5) is 0. The Hall–Kier alpha value is -1.58. The van der Waals surface area contributed by atoms with Crippen molar-refractivity contribution in [1.29, 1.82) is 0 Å². The second-order valence-electron chi connectivity index (χ2n) is 3.72. The lowest BCUT2D eigenvalue weighted by Gasteiger charge is -2.11. The molecule has 0 bridgehead atoms. The minimum Gasteiger partial charge on any atom is -0.398 e. The van der Waals surface area contributed by atoms with Gasteiger partial charge in [0.2, 0.25) is 0 Å². The van der Waals surface area contributed by atoms with Crippen molar-refractivity contribution in [2.75, 3.05) is 5.73 Å². The zero-order chi connectivity index (χ0) is 11.0. The molecular formula is C12H14N2O. The normalized spacial score (nSPS) is 13.0. The predicted molar refractivity (Wildman–Crippen MR) is 62.2 cm³/mol. The number of rotatable bonds is 1. The minimum absolute atomic E-state index is 0.703. The van der Waals surface area contributed by atoms with E-state index in [0.29, 0.717) is 5.69 Å². The summed E-state index contributed by atoms with van der Waals surface area (Å²) < 4.78 is 0. The third-order valence-corrected chi connectivity index (χ3v) is 2.62. The van der Waals surface area contributed by atoms with Crippen molar-refractivity contribution in [2.45, 2.75) is 13.2 Å². The Bertz CT molecular complexity index is 506. The Morgan fingerprint density at radius 1 is 1.27 bits per heavy atom. The lowest BCUT2D eigenvalue weighted by atomic mass is 10.00. The van der Waals surface area contributed by atoms with E-state index in [1.54, 1.807) is 0 Å². The maximum absolute atomic E-state index is 9.39. The maximum Gasteiger partial charge on any atom is 0.128 e. The van der Waals surface area contributed by atoms with Crippen LogP contribution >= 0.6 is 0 Å². The Balaban J connectivity index is 2.78. The van der Waals surface area contributed by atoms with Gasteiger partial charge in [0.1, 0.15) is 6.23 Å². The molecule has 2 rings (SSSR count). The highest BCUT2D eigenvalue weighted by atomic mass is 16.3. The molecule has 15 heavy (non-hydrogen) atoms. The highest BCUT2D eigenvalue weighted by Crippen LogP contribution is 2.26. The Morgan fingerprint density at radius 2 is 2.00 bits per heavy atom. The molecule has 0 spiro atoms. The molecule has 0 radical (unpaired) electrons. The summed E-state index contributed by atoms with van der Waals surface area (Å²) in [5.74, 6) is 0. The molecule has 0 saturated heterocycles. The van der Waals surface area contributed by atoms with Crippen LogP contribution in [0.1, 0.15) is 17.4 Å². The van der Waals surface area contributed by atoms with Gasteiger partial charge in [-0.15, -0.1) is 0 Å². The zero-order valence-corrected chi connectivity index (χ0v) is 8.57. The molecular weight excluding hydrogens is 188 g/mol. The lowest BCUT2D eigenvalue weighted by molar-refractivity contribution is 0.185. The highest BCUT2D eigenvalue weighted by Gasteiger charge is 2.07. The number of fused-ring (bicyclic) bond motifs is 1. The van der Waals surface area contributed by atoms with E-state index in [0.717, 1.165) is 21.9 Å². The van der Waals surface area contributed by atoms with Crippen molar-refractivity contribution in [3.05, 3.63) is 41.5 Å². The van der Waals surface area contributed by atoms with E-state index in [1.807, 2.05) is 37.3 Å². The first-order valence-electron chi connectivity index (χ1n) is 4.82. The van der Waals surface area contributed by atoms with E-state index < -0.39 is 6.23 Å². The topological polar surface area (TPSA) is 72.3 Å². The molecule has 0 aliphatic carbocycles. The summed E-state index contributed by atoms with van der Waals surface area (Å²) in [5, 5.41) is 11.4. The molecule has 5 N–H and O–H groups in total. The largest absolute Gasteiger partial charge is 0.398 e. The maximum atomic E-state index is 9.39. The minimum atomic E-state index is -0.950. The third kappa shape index (κ3) is 1.67. The van der Waals surface area contributed by atoms with Gasteiger partial charge in [-0.05, 0) is 35.6 Å². The average Bonchev–Trinajstić information content (AvgIpc) is 2.16. The van der Waals surface area contributed by atoms with Crippen LogP contribution in [-0.2, 0) is 0 Å². The molecule has 0 aromatic heterocycles. The van der Waals surface area contributed by atoms with E-state index in [4.69, 9.17) is 11.5 Å². The number of hydrogen-bond acceptors (Lipinski definition) is 3. The molecule has 0 heterocycles. The van der Waals surface area contributed by atoms with Gasteiger partial charge in [-0.25, -0.2) is 0 Å². The van der Waals surface area contributed by atoms with Crippen LogP contribution in [0.3, 0.4) is 0 Å². The van der Waals surface area contributed by atoms with E-state index in [9.17, 15) is 5.11 Å². The lowest BCUT2D eigenvalue weighted by Crippen LogP contribution is -2.10. The van der Waals surface area contributed by atoms with Gasteiger partial charge in [0.15, 0.2) is 0 Å². The Morgan fingerprint density at radius 3 is 2.67 bits per heavy atom. The van der Waals surface area contributed by atoms with Crippen LogP contribution in [0.5, 0.6) is 0 Å². The van der Waals surface area contributed by atoms with Crippen LogP contribution in [0.25, 0.3) is 10.8 Å². The van der Waals surface area contributed by atoms with Crippen LogP contribution in [-0.4, -0.2) is 5.11 Å². The number of hydrogen-bond donors (Lipinski definition) is 3. The molecule has 0 aliphatic heterocycles. The predicted octanol–water partition coefficient (Wildman–Crippen LogP) is 1.68. The van der Waals surface area contributed by atoms with Crippen molar-refractivity contribution in [3.8, 4) is 0 Å². The smallest absolute Gasteiger partial charge is 0.128 e. The molecule has 0 saturated carbocycles. The standard InChI is InChI=1S/C12H14N2O/c1-7-5-8-3-2-4-11(13)10(8)6-9(7)12(14)15/h2-6,12,15H,13-14H2,1H3. The molecule has 1 unspecified atom stereocenters. The number of aliphatic hydroxyl groups is 1. The molecule has 0 fully saturated rings. The van der Waals surface area contributed by atoms with Gasteiger partial charge in [-0.2, -0.15) is 0 Å². The fourth-order valence-electron chi connectivity index (χ4n) is 1.80. The molecule has 78 valence electrons. The summed E-state index contributed by atoms with van der Waals surface area (Å²) in [5.41, 5.74) is 13.7. The van der Waals surface area contributed by atoms with Gasteiger partial charge in [-0.1, -0.05) is 18.2 Å². The van der Waals surface area contributed by atoms with Gasteiger partial charge in [0.25, 0.3) is 0 Å². The fourth-order valence-corrected chi connectivity index (χ4v) is 1.80. The summed E-state index contributed by atoms with van der Waals surface area (Å²) in [6, 6.07) is 9.58. The van der Waals surface area contributed by atoms with Gasteiger partial charge >= 0.3 is 0 Å². The summed E-state index contributed by atoms with van der Waals surface area (Å²) in [6.45, 7) is 1.92. The van der Waals surface area contributed by atoms with E-state index >= 15 is 0 Å². The van der Waals surface area contributed by atoms with Crippen molar-refractivity contribution < 1.29 is 5.11 Å². The summed E-state index contributed by atoms with van der Waals surface area (Å²) >= 11 is 0. The van der Waals surface area contributed by atoms with E-state index in [1.165, 1.54) is 0 Å². The quantitative estimate of drug-likeness (QED) is 0.486. The van der Waals surface area contributed by atoms with Gasteiger partial charge < -0.3 is 16.6 Å². The number of anilines is 1. The monoisotopic (exact) mass is 202 g/mol. The average molecular weight is 202 g/mol. The first-order chi connectivity index (χ1) is 7.09. The van der Waals surface area contributed by atoms with Crippen LogP contribution in [0, 0.1) is 6.92 Å². The van der Waals surface area contributed by atoms with Crippen LogP contribution in [0.2, 0.25) is 0 Å². The number of benzene rings is 2. The Labute approximate surface area is 88.3 Å². The number of nitrogen functional groups attached to an aromatic ring is 1. The van der Waals surface area contributed by atoms with E-state index in [-0.39, 0.29) is 0 Å². The van der Waals surface area contributed by atoms with Gasteiger partial charge in [-0.3, -0.25) is 0 Å². The zero-order valence-electron chi connectivity index (χ0n) is 8.57. The Kier molecular flexibility index (Phi) is 2.34. The van der Waals surface area contributed by atoms with Crippen LogP contribution < -0.4 is 11.5 Å². The number of aryl methyl sites for hydroxylation is 1. The first kappa shape index (κ1) is 9.96.